The monoisotopic (exact) mass is 387 g/mol. The molecule has 3 rings (SSSR count). The van der Waals surface area contributed by atoms with Crippen LogP contribution in [-0.2, 0) is 6.42 Å². The van der Waals surface area contributed by atoms with Crippen molar-refractivity contribution in [2.75, 3.05) is 5.88 Å². The first-order valence-corrected chi connectivity index (χ1v) is 7.85. The Morgan fingerprint density at radius 1 is 1.29 bits per heavy atom. The Balaban J connectivity index is 2.27. The molecular formula is C14H9BrCl2FN3. The molecule has 0 saturated heterocycles. The average molecular weight is 389 g/mol. The number of benzene rings is 1. The molecule has 3 aromatic rings. The molecule has 0 radical (unpaired) electrons. The van der Waals surface area contributed by atoms with Gasteiger partial charge in [0.15, 0.2) is 5.65 Å². The summed E-state index contributed by atoms with van der Waals surface area (Å²) in [4.78, 5) is 8.89. The molecule has 0 atom stereocenters. The van der Waals surface area contributed by atoms with Crippen LogP contribution in [-0.4, -0.2) is 20.4 Å². The second-order valence-corrected chi connectivity index (χ2v) is 6.10. The Morgan fingerprint density at radius 3 is 2.81 bits per heavy atom. The molecule has 2 heterocycles. The van der Waals surface area contributed by atoms with Crippen LogP contribution in [0.2, 0.25) is 5.02 Å². The number of nitrogens with zero attached hydrogens (tertiary/aromatic N) is 3. The largest absolute Gasteiger partial charge is 0.281 e. The van der Waals surface area contributed by atoms with Crippen LogP contribution in [0.3, 0.4) is 0 Å². The molecule has 3 nitrogen and oxygen atoms in total. The van der Waals surface area contributed by atoms with E-state index in [1.54, 1.807) is 16.8 Å². The number of aryl methyl sites for hydroxylation is 1. The van der Waals surface area contributed by atoms with Crippen LogP contribution in [0, 0.1) is 5.82 Å². The van der Waals surface area contributed by atoms with Gasteiger partial charge in [-0.05, 0) is 40.2 Å². The maximum Gasteiger partial charge on any atom is 0.164 e. The van der Waals surface area contributed by atoms with Gasteiger partial charge in [-0.1, -0.05) is 11.6 Å². The lowest BCUT2D eigenvalue weighted by Crippen LogP contribution is -2.03. The van der Waals surface area contributed by atoms with Crippen LogP contribution in [0.25, 0.3) is 16.9 Å². The fourth-order valence-corrected chi connectivity index (χ4v) is 2.74. The molecule has 7 heteroatoms. The lowest BCUT2D eigenvalue weighted by molar-refractivity contribution is 0.627. The fraction of sp³-hybridized carbons (Fsp3) is 0.143. The van der Waals surface area contributed by atoms with Crippen LogP contribution in [0.1, 0.15) is 5.82 Å². The molecule has 0 aliphatic heterocycles. The topological polar surface area (TPSA) is 30.7 Å². The summed E-state index contributed by atoms with van der Waals surface area (Å²) in [6.07, 6.45) is 2.23. The molecule has 0 spiro atoms. The summed E-state index contributed by atoms with van der Waals surface area (Å²) in [7, 11) is 0. The van der Waals surface area contributed by atoms with E-state index in [-0.39, 0.29) is 5.02 Å². The summed E-state index contributed by atoms with van der Waals surface area (Å²) in [5.74, 6) is 0.665. The summed E-state index contributed by atoms with van der Waals surface area (Å²) in [5.41, 5.74) is 1.99. The summed E-state index contributed by atoms with van der Waals surface area (Å²) < 4.78 is 16.4. The zero-order valence-corrected chi connectivity index (χ0v) is 13.8. The summed E-state index contributed by atoms with van der Waals surface area (Å²) in [6.45, 7) is 0. The van der Waals surface area contributed by atoms with Gasteiger partial charge < -0.3 is 0 Å². The highest BCUT2D eigenvalue weighted by Gasteiger charge is 2.14. The van der Waals surface area contributed by atoms with Crippen molar-refractivity contribution in [3.05, 3.63) is 51.6 Å². The molecule has 21 heavy (non-hydrogen) atoms. The fourth-order valence-electron chi connectivity index (χ4n) is 2.13. The van der Waals surface area contributed by atoms with Crippen molar-refractivity contribution in [1.82, 2.24) is 14.5 Å². The van der Waals surface area contributed by atoms with Gasteiger partial charge in [0.25, 0.3) is 0 Å². The van der Waals surface area contributed by atoms with Crippen molar-refractivity contribution < 1.29 is 4.39 Å². The molecule has 1 aromatic carbocycles. The summed E-state index contributed by atoms with van der Waals surface area (Å²) >= 11 is 14.9. The molecule has 0 fully saturated rings. The van der Waals surface area contributed by atoms with Crippen LogP contribution < -0.4 is 0 Å². The number of rotatable bonds is 3. The zero-order valence-electron chi connectivity index (χ0n) is 10.7. The Hall–Kier alpha value is -1.17. The molecule has 108 valence electrons. The summed E-state index contributed by atoms with van der Waals surface area (Å²) in [5, 5.41) is 0.0813. The van der Waals surface area contributed by atoms with Crippen molar-refractivity contribution in [3.63, 3.8) is 0 Å². The van der Waals surface area contributed by atoms with E-state index in [0.717, 1.165) is 15.8 Å². The molecule has 0 amide bonds. The molecule has 0 aliphatic rings. The first-order chi connectivity index (χ1) is 10.1. The molecular weight excluding hydrogens is 380 g/mol. The van der Waals surface area contributed by atoms with E-state index < -0.39 is 5.82 Å². The Bertz CT molecular complexity index is 819. The van der Waals surface area contributed by atoms with E-state index in [1.165, 1.54) is 12.1 Å². The van der Waals surface area contributed by atoms with Gasteiger partial charge in [-0.2, -0.15) is 0 Å². The minimum Gasteiger partial charge on any atom is -0.281 e. The number of imidazole rings is 1. The predicted octanol–water partition coefficient (Wildman–Crippen LogP) is 4.76. The van der Waals surface area contributed by atoms with Gasteiger partial charge in [-0.25, -0.2) is 14.4 Å². The first-order valence-electron chi connectivity index (χ1n) is 6.14. The number of pyridine rings is 1. The molecule has 0 N–H and O–H groups in total. The van der Waals surface area contributed by atoms with Crippen molar-refractivity contribution in [1.29, 1.82) is 0 Å². The van der Waals surface area contributed by atoms with Gasteiger partial charge >= 0.3 is 0 Å². The third kappa shape index (κ3) is 2.78. The quantitative estimate of drug-likeness (QED) is 0.605. The number of hydrogen-bond acceptors (Lipinski definition) is 2. The number of aromatic nitrogens is 3. The average Bonchev–Trinajstić information content (AvgIpc) is 2.79. The molecule has 0 unspecified atom stereocenters. The van der Waals surface area contributed by atoms with Crippen molar-refractivity contribution in [2.24, 2.45) is 0 Å². The maximum atomic E-state index is 13.7. The first kappa shape index (κ1) is 14.8. The van der Waals surface area contributed by atoms with E-state index in [4.69, 9.17) is 23.2 Å². The van der Waals surface area contributed by atoms with E-state index >= 15 is 0 Å². The van der Waals surface area contributed by atoms with Gasteiger partial charge in [0, 0.05) is 23.0 Å². The molecule has 0 saturated carbocycles. The van der Waals surface area contributed by atoms with Crippen molar-refractivity contribution in [3.8, 4) is 5.69 Å². The standard InChI is InChI=1S/C14H9BrCl2FN3/c15-8-5-12-14(19-7-8)21(13(20-12)3-4-16)9-1-2-10(17)11(18)6-9/h1-2,5-7H,3-4H2. The Labute approximate surface area is 138 Å². The normalized spacial score (nSPS) is 11.2. The highest BCUT2D eigenvalue weighted by atomic mass is 79.9. The molecule has 0 aliphatic carbocycles. The van der Waals surface area contributed by atoms with Crippen LogP contribution in [0.5, 0.6) is 0 Å². The summed E-state index contributed by atoms with van der Waals surface area (Å²) in [6, 6.07) is 6.48. The van der Waals surface area contributed by atoms with Gasteiger partial charge in [0.05, 0.1) is 10.7 Å². The van der Waals surface area contributed by atoms with Crippen LogP contribution in [0.4, 0.5) is 4.39 Å². The van der Waals surface area contributed by atoms with Crippen molar-refractivity contribution in [2.45, 2.75) is 6.42 Å². The van der Waals surface area contributed by atoms with Gasteiger partial charge in [0.2, 0.25) is 0 Å². The number of fused-ring (bicyclic) bond motifs is 1. The lowest BCUT2D eigenvalue weighted by atomic mass is 10.3. The zero-order chi connectivity index (χ0) is 15.0. The highest BCUT2D eigenvalue weighted by Crippen LogP contribution is 2.25. The number of halogens is 4. The SMILES string of the molecule is Fc1cc(-n2c(CCCl)nc3cc(Br)cnc32)ccc1Cl. The second-order valence-electron chi connectivity index (χ2n) is 4.40. The van der Waals surface area contributed by atoms with Gasteiger partial charge in [-0.15, -0.1) is 11.6 Å². The van der Waals surface area contributed by atoms with E-state index in [2.05, 4.69) is 25.9 Å². The number of alkyl halides is 1. The third-order valence-corrected chi connectivity index (χ3v) is 3.94. The Morgan fingerprint density at radius 2 is 2.10 bits per heavy atom. The molecule has 2 aromatic heterocycles. The van der Waals surface area contributed by atoms with E-state index in [0.29, 0.717) is 23.6 Å². The Kier molecular flexibility index (Phi) is 4.15. The van der Waals surface area contributed by atoms with Crippen molar-refractivity contribution >= 4 is 50.3 Å². The van der Waals surface area contributed by atoms with Gasteiger partial charge in [-0.3, -0.25) is 4.57 Å². The number of hydrogen-bond donors (Lipinski definition) is 0. The highest BCUT2D eigenvalue weighted by molar-refractivity contribution is 9.10. The van der Waals surface area contributed by atoms with Gasteiger partial charge in [0.1, 0.15) is 17.2 Å². The minimum atomic E-state index is -0.482. The molecule has 0 bridgehead atoms. The van der Waals surface area contributed by atoms with Crippen LogP contribution in [0.15, 0.2) is 34.9 Å². The van der Waals surface area contributed by atoms with E-state index in [1.807, 2.05) is 6.07 Å². The lowest BCUT2D eigenvalue weighted by Gasteiger charge is -2.08. The van der Waals surface area contributed by atoms with Crippen LogP contribution >= 0.6 is 39.1 Å². The predicted molar refractivity (Wildman–Crippen MR) is 86.0 cm³/mol. The maximum absolute atomic E-state index is 13.7. The second kappa shape index (κ2) is 5.91. The van der Waals surface area contributed by atoms with E-state index in [9.17, 15) is 4.39 Å². The smallest absolute Gasteiger partial charge is 0.164 e. The minimum absolute atomic E-state index is 0.0813. The third-order valence-electron chi connectivity index (χ3n) is 3.01.